The van der Waals surface area contributed by atoms with Crippen LogP contribution < -0.4 is 5.56 Å². The van der Waals surface area contributed by atoms with Crippen LogP contribution >= 0.6 is 0 Å². The highest BCUT2D eigenvalue weighted by Crippen LogP contribution is 2.48. The van der Waals surface area contributed by atoms with E-state index in [4.69, 9.17) is 0 Å². The van der Waals surface area contributed by atoms with E-state index in [1.54, 1.807) is 13.4 Å². The van der Waals surface area contributed by atoms with Gasteiger partial charge in [-0.25, -0.2) is 4.98 Å². The van der Waals surface area contributed by atoms with Gasteiger partial charge in [0.2, 0.25) is 5.91 Å². The zero-order valence-corrected chi connectivity index (χ0v) is 13.1. The molecule has 1 aromatic heterocycles. The number of hydrogen-bond acceptors (Lipinski definition) is 3. The van der Waals surface area contributed by atoms with Crippen LogP contribution in [0.15, 0.2) is 41.5 Å². The van der Waals surface area contributed by atoms with Gasteiger partial charge in [-0.05, 0) is 24.3 Å². The van der Waals surface area contributed by atoms with Gasteiger partial charge in [-0.2, -0.15) is 0 Å². The zero-order chi connectivity index (χ0) is 16.0. The fourth-order valence-corrected chi connectivity index (χ4v) is 3.48. The van der Waals surface area contributed by atoms with Crippen molar-refractivity contribution in [2.45, 2.75) is 25.3 Å². The van der Waals surface area contributed by atoms with E-state index in [1.165, 1.54) is 10.1 Å². The molecule has 2 aliphatic rings. The molecule has 5 nitrogen and oxygen atoms in total. The Hall–Kier alpha value is -2.43. The lowest BCUT2D eigenvalue weighted by molar-refractivity contribution is -0.133. The summed E-state index contributed by atoms with van der Waals surface area (Å²) in [4.78, 5) is 31.0. The minimum atomic E-state index is 0.00989. The molecule has 0 N–H and O–H groups in total. The Bertz CT molecular complexity index is 813. The molecule has 1 saturated carbocycles. The number of nitrogens with zero attached hydrogens (tertiary/aromatic N) is 3. The minimum Gasteiger partial charge on any atom is -0.336 e. The largest absolute Gasteiger partial charge is 0.336 e. The normalized spacial score (nSPS) is 22.6. The maximum absolute atomic E-state index is 12.7. The Balaban J connectivity index is 1.49. The van der Waals surface area contributed by atoms with Crippen LogP contribution in [0.25, 0.3) is 0 Å². The summed E-state index contributed by atoms with van der Waals surface area (Å²) in [6.45, 7) is 1.08. The second-order valence-electron chi connectivity index (χ2n) is 6.46. The van der Waals surface area contributed by atoms with E-state index in [9.17, 15) is 9.59 Å². The molecule has 2 heterocycles. The first-order valence-electron chi connectivity index (χ1n) is 8.02. The van der Waals surface area contributed by atoms with Crippen molar-refractivity contribution in [3.8, 4) is 0 Å². The third kappa shape index (κ3) is 2.46. The van der Waals surface area contributed by atoms with Crippen molar-refractivity contribution in [2.24, 2.45) is 13.0 Å². The number of amides is 1. The van der Waals surface area contributed by atoms with Gasteiger partial charge < -0.3 is 9.47 Å². The molecule has 2 atom stereocenters. The smallest absolute Gasteiger partial charge is 0.256 e. The van der Waals surface area contributed by atoms with E-state index in [0.29, 0.717) is 25.4 Å². The monoisotopic (exact) mass is 309 g/mol. The lowest BCUT2D eigenvalue weighted by atomic mass is 10.0. The number of fused-ring (bicyclic) bond motifs is 1. The van der Waals surface area contributed by atoms with E-state index in [-0.39, 0.29) is 17.4 Å². The molecule has 5 heteroatoms. The van der Waals surface area contributed by atoms with Crippen LogP contribution in [0.4, 0.5) is 0 Å². The van der Waals surface area contributed by atoms with Crippen LogP contribution in [0.5, 0.6) is 0 Å². The maximum Gasteiger partial charge on any atom is 0.256 e. The van der Waals surface area contributed by atoms with Crippen LogP contribution in [-0.2, 0) is 24.8 Å². The number of carbonyl (C=O) groups excluding carboxylic acids is 1. The average molecular weight is 309 g/mol. The molecule has 1 aromatic carbocycles. The van der Waals surface area contributed by atoms with Crippen LogP contribution in [-0.4, -0.2) is 26.9 Å². The Morgan fingerprint density at radius 3 is 2.83 bits per heavy atom. The average Bonchev–Trinajstić information content (AvgIpc) is 3.39. The molecule has 4 rings (SSSR count). The summed E-state index contributed by atoms with van der Waals surface area (Å²) >= 11 is 0. The number of hydrogen-bond donors (Lipinski definition) is 0. The summed E-state index contributed by atoms with van der Waals surface area (Å²) in [6.07, 6.45) is 3.07. The van der Waals surface area contributed by atoms with Crippen LogP contribution in [0.1, 0.15) is 29.2 Å². The summed E-state index contributed by atoms with van der Waals surface area (Å²) in [6, 6.07) is 10.2. The third-order valence-electron chi connectivity index (χ3n) is 4.93. The lowest BCUT2D eigenvalue weighted by Crippen LogP contribution is -2.40. The Morgan fingerprint density at radius 2 is 2.04 bits per heavy atom. The standard InChI is InChI=1S/C18H19N3O2/c1-20-11-19-16-10-21(8-7-13(16)17(20)22)18(23)15-9-14(15)12-5-3-2-4-6-12/h2-6,11,14-15H,7-10H2,1H3/t14-,15-/m1/s1. The van der Waals surface area contributed by atoms with Crippen LogP contribution in [0.2, 0.25) is 0 Å². The lowest BCUT2D eigenvalue weighted by Gasteiger charge is -2.28. The van der Waals surface area contributed by atoms with Gasteiger partial charge in [0.25, 0.3) is 5.56 Å². The van der Waals surface area contributed by atoms with Crippen molar-refractivity contribution in [3.63, 3.8) is 0 Å². The molecule has 0 unspecified atom stereocenters. The third-order valence-corrected chi connectivity index (χ3v) is 4.93. The van der Waals surface area contributed by atoms with Gasteiger partial charge >= 0.3 is 0 Å². The van der Waals surface area contributed by atoms with Gasteiger partial charge in [-0.15, -0.1) is 0 Å². The van der Waals surface area contributed by atoms with Crippen molar-refractivity contribution in [3.05, 3.63) is 63.8 Å². The molecule has 0 saturated heterocycles. The van der Waals surface area contributed by atoms with E-state index in [0.717, 1.165) is 17.7 Å². The Labute approximate surface area is 134 Å². The van der Waals surface area contributed by atoms with Crippen molar-refractivity contribution in [2.75, 3.05) is 6.54 Å². The van der Waals surface area contributed by atoms with Gasteiger partial charge in [0.1, 0.15) is 0 Å². The van der Waals surface area contributed by atoms with Crippen LogP contribution in [0, 0.1) is 5.92 Å². The van der Waals surface area contributed by atoms with Gasteiger partial charge in [0.15, 0.2) is 0 Å². The van der Waals surface area contributed by atoms with Crippen LogP contribution in [0.3, 0.4) is 0 Å². The molecule has 0 spiro atoms. The molecule has 1 aliphatic heterocycles. The van der Waals surface area contributed by atoms with E-state index < -0.39 is 0 Å². The van der Waals surface area contributed by atoms with Gasteiger partial charge in [0.05, 0.1) is 18.6 Å². The topological polar surface area (TPSA) is 55.2 Å². The quantitative estimate of drug-likeness (QED) is 0.844. The van der Waals surface area contributed by atoms with E-state index in [2.05, 4.69) is 17.1 Å². The number of rotatable bonds is 2. The van der Waals surface area contributed by atoms with Gasteiger partial charge in [-0.1, -0.05) is 30.3 Å². The van der Waals surface area contributed by atoms with E-state index in [1.807, 2.05) is 23.1 Å². The summed E-state index contributed by atoms with van der Waals surface area (Å²) < 4.78 is 1.50. The number of aryl methyl sites for hydroxylation is 1. The summed E-state index contributed by atoms with van der Waals surface area (Å²) in [5.74, 6) is 0.638. The highest BCUT2D eigenvalue weighted by atomic mass is 16.2. The number of aromatic nitrogens is 2. The second kappa shape index (κ2) is 5.33. The van der Waals surface area contributed by atoms with E-state index >= 15 is 0 Å². The molecule has 0 bridgehead atoms. The minimum absolute atomic E-state index is 0.00989. The van der Waals surface area contributed by atoms with Crippen molar-refractivity contribution >= 4 is 5.91 Å². The van der Waals surface area contributed by atoms with Gasteiger partial charge in [0, 0.05) is 25.1 Å². The van der Waals surface area contributed by atoms with Crippen molar-refractivity contribution < 1.29 is 4.79 Å². The SMILES string of the molecule is Cn1cnc2c(c1=O)CCN(C(=O)[C@@H]1C[C@@H]1c1ccccc1)C2. The molecule has 1 aliphatic carbocycles. The molecular weight excluding hydrogens is 290 g/mol. The fraction of sp³-hybridized carbons (Fsp3) is 0.389. The molecule has 23 heavy (non-hydrogen) atoms. The molecule has 2 aromatic rings. The molecular formula is C18H19N3O2. The number of carbonyl (C=O) groups is 1. The molecule has 1 fully saturated rings. The second-order valence-corrected chi connectivity index (χ2v) is 6.46. The van der Waals surface area contributed by atoms with Gasteiger partial charge in [-0.3, -0.25) is 9.59 Å². The highest BCUT2D eigenvalue weighted by molar-refractivity contribution is 5.83. The highest BCUT2D eigenvalue weighted by Gasteiger charge is 2.46. The first-order valence-corrected chi connectivity index (χ1v) is 8.02. The van der Waals surface area contributed by atoms with Crippen molar-refractivity contribution in [1.29, 1.82) is 0 Å². The fourth-order valence-electron chi connectivity index (χ4n) is 3.48. The predicted octanol–water partition coefficient (Wildman–Crippen LogP) is 1.47. The summed E-state index contributed by atoms with van der Waals surface area (Å²) in [5.41, 5.74) is 2.77. The predicted molar refractivity (Wildman–Crippen MR) is 85.9 cm³/mol. The molecule has 118 valence electrons. The maximum atomic E-state index is 12.7. The molecule has 0 radical (unpaired) electrons. The number of benzene rings is 1. The first kappa shape index (κ1) is 14.2. The van der Waals surface area contributed by atoms with Crippen molar-refractivity contribution in [1.82, 2.24) is 14.5 Å². The Morgan fingerprint density at radius 1 is 1.26 bits per heavy atom. The zero-order valence-electron chi connectivity index (χ0n) is 13.1. The summed E-state index contributed by atoms with van der Waals surface area (Å²) in [7, 11) is 1.71. The molecule has 1 amide bonds. The summed E-state index contributed by atoms with van der Waals surface area (Å²) in [5, 5.41) is 0. The Kier molecular flexibility index (Phi) is 3.29. The first-order chi connectivity index (χ1) is 11.1.